The van der Waals surface area contributed by atoms with E-state index in [1.54, 1.807) is 65.1 Å². The van der Waals surface area contributed by atoms with Gasteiger partial charge >= 0.3 is 6.03 Å². The molecule has 56 heavy (non-hydrogen) atoms. The Morgan fingerprint density at radius 2 is 1.16 bits per heavy atom. The third kappa shape index (κ3) is 8.90. The van der Waals surface area contributed by atoms with Crippen LogP contribution in [-0.2, 0) is 6.42 Å². The molecule has 2 amide bonds. The van der Waals surface area contributed by atoms with E-state index in [0.29, 0.717) is 51.1 Å². The minimum Gasteiger partial charge on any atom is -0.493 e. The van der Waals surface area contributed by atoms with Crippen LogP contribution in [0.3, 0.4) is 0 Å². The number of nitrogens with two attached hydrogens (primary N) is 1. The van der Waals surface area contributed by atoms with Crippen LogP contribution in [0.25, 0.3) is 21.8 Å². The van der Waals surface area contributed by atoms with Gasteiger partial charge in [0.25, 0.3) is 0 Å². The number of rotatable bonds is 11. The van der Waals surface area contributed by atoms with E-state index in [0.717, 1.165) is 55.8 Å². The second kappa shape index (κ2) is 17.5. The lowest BCUT2D eigenvalue weighted by Crippen LogP contribution is -2.19. The molecular formula is C41H41N7O7S. The average molecular weight is 776 g/mol. The number of fused-ring (bicyclic) bond motifs is 2. The van der Waals surface area contributed by atoms with Gasteiger partial charge in [0.2, 0.25) is 5.13 Å². The molecule has 3 aromatic heterocycles. The van der Waals surface area contributed by atoms with Gasteiger partial charge in [0.1, 0.15) is 28.0 Å². The molecule has 4 N–H and O–H groups in total. The van der Waals surface area contributed by atoms with Crippen LogP contribution in [0.5, 0.6) is 46.0 Å². The van der Waals surface area contributed by atoms with Crippen molar-refractivity contribution in [3.63, 3.8) is 0 Å². The van der Waals surface area contributed by atoms with Gasteiger partial charge in [-0.2, -0.15) is 0 Å². The number of urea groups is 1. The number of amides is 2. The summed E-state index contributed by atoms with van der Waals surface area (Å²) in [6, 6.07) is 21.6. The van der Waals surface area contributed by atoms with Gasteiger partial charge in [-0.15, -0.1) is 10.2 Å². The van der Waals surface area contributed by atoms with Crippen LogP contribution >= 0.6 is 11.3 Å². The summed E-state index contributed by atoms with van der Waals surface area (Å²) in [5.41, 5.74) is 10.5. The lowest BCUT2D eigenvalue weighted by Gasteiger charge is -2.14. The van der Waals surface area contributed by atoms with Crippen molar-refractivity contribution in [3.8, 4) is 46.0 Å². The molecule has 0 atom stereocenters. The molecule has 15 heteroatoms. The molecule has 0 bridgehead atoms. The quantitative estimate of drug-likeness (QED) is 0.106. The van der Waals surface area contributed by atoms with Crippen LogP contribution in [-0.4, -0.2) is 54.6 Å². The largest absolute Gasteiger partial charge is 0.493 e. The zero-order valence-electron chi connectivity index (χ0n) is 31.9. The lowest BCUT2D eigenvalue weighted by molar-refractivity contribution is 0.262. The van der Waals surface area contributed by atoms with E-state index in [4.69, 9.17) is 34.2 Å². The van der Waals surface area contributed by atoms with E-state index in [-0.39, 0.29) is 6.03 Å². The highest BCUT2D eigenvalue weighted by Crippen LogP contribution is 2.39. The smallest absolute Gasteiger partial charge is 0.325 e. The Hall–Kier alpha value is -6.87. The van der Waals surface area contributed by atoms with Crippen molar-refractivity contribution >= 4 is 55.7 Å². The minimum atomic E-state index is -0.383. The summed E-state index contributed by atoms with van der Waals surface area (Å²) in [5.74, 6) is 5.11. The predicted octanol–water partition coefficient (Wildman–Crippen LogP) is 9.35. The van der Waals surface area contributed by atoms with Gasteiger partial charge in [-0.1, -0.05) is 18.3 Å². The molecule has 7 rings (SSSR count). The zero-order chi connectivity index (χ0) is 39.8. The first-order chi connectivity index (χ1) is 27.1. The third-order valence-corrected chi connectivity index (χ3v) is 9.53. The number of aromatic nitrogens is 4. The molecule has 0 aliphatic rings. The molecule has 0 saturated heterocycles. The fourth-order valence-corrected chi connectivity index (χ4v) is 6.25. The summed E-state index contributed by atoms with van der Waals surface area (Å²) >= 11 is 1.35. The number of aryl methyl sites for hydroxylation is 3. The number of carbonyl (C=O) groups excluding carboxylic acids is 1. The molecule has 0 unspecified atom stereocenters. The van der Waals surface area contributed by atoms with E-state index >= 15 is 0 Å². The van der Waals surface area contributed by atoms with Crippen molar-refractivity contribution in [2.45, 2.75) is 27.2 Å². The van der Waals surface area contributed by atoms with E-state index in [1.165, 1.54) is 11.3 Å². The molecule has 3 heterocycles. The zero-order valence-corrected chi connectivity index (χ0v) is 32.7. The number of nitrogens with zero attached hydrogens (tertiary/aromatic N) is 4. The number of benzene rings is 4. The van der Waals surface area contributed by atoms with Gasteiger partial charge < -0.3 is 39.5 Å². The van der Waals surface area contributed by atoms with E-state index in [1.807, 2.05) is 69.3 Å². The molecular weight excluding hydrogens is 735 g/mol. The SMILES string of the molecule is CCc1nnc(NC(=O)Nc2ccc(Oc3ccnc4cc(OC)c(OC)cc34)cc2C)s1.COc1cc2nccc(Oc3ccc(N)c(C)c3)c2cc1OC. The number of ether oxygens (including phenoxy) is 6. The predicted molar refractivity (Wildman–Crippen MR) is 219 cm³/mol. The van der Waals surface area contributed by atoms with Gasteiger partial charge in [0.15, 0.2) is 23.0 Å². The number of pyridine rings is 2. The van der Waals surface area contributed by atoms with Crippen molar-refractivity contribution in [2.75, 3.05) is 44.8 Å². The lowest BCUT2D eigenvalue weighted by atomic mass is 10.1. The number of hydrogen-bond acceptors (Lipinski definition) is 13. The van der Waals surface area contributed by atoms with Crippen LogP contribution in [0, 0.1) is 13.8 Å². The van der Waals surface area contributed by atoms with Crippen molar-refractivity contribution in [1.82, 2.24) is 20.2 Å². The molecule has 288 valence electrons. The molecule has 0 aliphatic heterocycles. The van der Waals surface area contributed by atoms with Crippen LogP contribution in [0.15, 0.2) is 85.2 Å². The summed E-state index contributed by atoms with van der Waals surface area (Å²) in [6.07, 6.45) is 4.15. The highest BCUT2D eigenvalue weighted by Gasteiger charge is 2.14. The average Bonchev–Trinajstić information content (AvgIpc) is 3.67. The number of methoxy groups -OCH3 is 4. The number of nitrogen functional groups attached to an aromatic ring is 1. The van der Waals surface area contributed by atoms with E-state index < -0.39 is 0 Å². The Balaban J connectivity index is 0.000000202. The van der Waals surface area contributed by atoms with E-state index in [9.17, 15) is 4.79 Å². The summed E-state index contributed by atoms with van der Waals surface area (Å²) in [6.45, 7) is 5.82. The summed E-state index contributed by atoms with van der Waals surface area (Å²) < 4.78 is 33.6. The fourth-order valence-electron chi connectivity index (χ4n) is 5.58. The first-order valence-electron chi connectivity index (χ1n) is 17.4. The summed E-state index contributed by atoms with van der Waals surface area (Å²) in [7, 11) is 6.36. The second-order valence-electron chi connectivity index (χ2n) is 12.2. The molecule has 4 aromatic carbocycles. The first-order valence-corrected chi connectivity index (χ1v) is 18.2. The molecule has 0 radical (unpaired) electrons. The summed E-state index contributed by atoms with van der Waals surface area (Å²) in [4.78, 5) is 21.1. The number of hydrogen-bond donors (Lipinski definition) is 3. The van der Waals surface area contributed by atoms with Crippen molar-refractivity contribution in [2.24, 2.45) is 0 Å². The second-order valence-corrected chi connectivity index (χ2v) is 13.3. The highest BCUT2D eigenvalue weighted by atomic mass is 32.1. The molecule has 14 nitrogen and oxygen atoms in total. The Bertz CT molecular complexity index is 2510. The number of nitrogens with one attached hydrogen (secondary N) is 2. The normalized spacial score (nSPS) is 10.6. The Morgan fingerprint density at radius 1 is 0.643 bits per heavy atom. The molecule has 0 aliphatic carbocycles. The van der Waals surface area contributed by atoms with Crippen LogP contribution < -0.4 is 44.8 Å². The Labute approximate surface area is 327 Å². The maximum absolute atomic E-state index is 12.3. The molecule has 0 spiro atoms. The minimum absolute atomic E-state index is 0.383. The molecule has 0 fully saturated rings. The topological polar surface area (TPSA) is 174 Å². The van der Waals surface area contributed by atoms with Gasteiger partial charge in [-0.25, -0.2) is 4.79 Å². The summed E-state index contributed by atoms with van der Waals surface area (Å²) in [5, 5.41) is 16.4. The van der Waals surface area contributed by atoms with Crippen molar-refractivity contribution in [3.05, 3.63) is 101 Å². The van der Waals surface area contributed by atoms with Gasteiger partial charge in [0, 0.05) is 46.7 Å². The Morgan fingerprint density at radius 3 is 1.64 bits per heavy atom. The van der Waals surface area contributed by atoms with Crippen LogP contribution in [0.4, 0.5) is 21.3 Å². The number of anilines is 3. The third-order valence-electron chi connectivity index (χ3n) is 8.55. The van der Waals surface area contributed by atoms with Gasteiger partial charge in [-0.05, 0) is 92.1 Å². The van der Waals surface area contributed by atoms with Crippen molar-refractivity contribution in [1.29, 1.82) is 0 Å². The maximum Gasteiger partial charge on any atom is 0.325 e. The van der Waals surface area contributed by atoms with Gasteiger partial charge in [-0.3, -0.25) is 15.3 Å². The fraction of sp³-hybridized carbons (Fsp3) is 0.195. The van der Waals surface area contributed by atoms with Crippen molar-refractivity contribution < 1.29 is 33.2 Å². The monoisotopic (exact) mass is 775 g/mol. The Kier molecular flexibility index (Phi) is 12.1. The maximum atomic E-state index is 12.3. The molecule has 7 aromatic rings. The van der Waals surface area contributed by atoms with Crippen LogP contribution in [0.2, 0.25) is 0 Å². The van der Waals surface area contributed by atoms with Crippen LogP contribution in [0.1, 0.15) is 23.1 Å². The first kappa shape index (κ1) is 38.8. The highest BCUT2D eigenvalue weighted by molar-refractivity contribution is 7.15. The standard InChI is InChI=1S/C23H23N5O4S.C18H18N2O3/c1-5-21-27-28-23(33-21)26-22(29)25-16-7-6-14(10-13(16)2)32-18-8-9-24-17-12-20(31-4)19(30-3)11-15(17)18;1-11-8-12(4-5-14(11)19)23-16-6-7-20-15-10-18(22-3)17(21-2)9-13(15)16/h6-12H,5H2,1-4H3,(H2,25,26,28,29);4-10H,19H2,1-3H3. The van der Waals surface area contributed by atoms with E-state index in [2.05, 4.69) is 30.8 Å². The molecule has 0 saturated carbocycles. The number of carbonyl (C=O) groups is 1. The van der Waals surface area contributed by atoms with Gasteiger partial charge in [0.05, 0.1) is 39.5 Å².